The lowest BCUT2D eigenvalue weighted by Crippen LogP contribution is -2.15. The van der Waals surface area contributed by atoms with Crippen LogP contribution >= 0.6 is 0 Å². The first-order chi connectivity index (χ1) is 55.7. The Morgan fingerprint density at radius 3 is 0.947 bits per heavy atom. The zero-order valence-electron chi connectivity index (χ0n) is 63.9. The molecule has 3 aliphatic rings. The Morgan fingerprint density at radius 2 is 0.491 bits per heavy atom. The molecule has 5 aromatic heterocycles. The molecular formula is C106H74N8. The number of para-hydroxylation sites is 1. The van der Waals surface area contributed by atoms with Crippen molar-refractivity contribution in [1.82, 2.24) is 38.6 Å². The molecule has 114 heavy (non-hydrogen) atoms. The van der Waals surface area contributed by atoms with Crippen molar-refractivity contribution in [1.29, 1.82) is 0 Å². The van der Waals surface area contributed by atoms with E-state index in [1.165, 1.54) is 116 Å². The third-order valence-electron chi connectivity index (χ3n) is 25.3. The zero-order valence-corrected chi connectivity index (χ0v) is 63.9. The number of hydrogen-bond acceptors (Lipinski definition) is 5. The molecule has 0 atom stereocenters. The van der Waals surface area contributed by atoms with Crippen molar-refractivity contribution in [3.8, 4) is 130 Å². The molecule has 5 heterocycles. The zero-order chi connectivity index (χ0) is 76.0. The van der Waals surface area contributed by atoms with E-state index in [0.29, 0.717) is 23.3 Å². The molecule has 0 saturated carbocycles. The average Bonchev–Trinajstić information content (AvgIpc) is 1.59. The van der Waals surface area contributed by atoms with Gasteiger partial charge in [-0.3, -0.25) is 0 Å². The summed E-state index contributed by atoms with van der Waals surface area (Å²) in [7, 11) is 0. The molecule has 0 saturated heterocycles. The van der Waals surface area contributed by atoms with E-state index in [4.69, 9.17) is 24.9 Å². The summed E-state index contributed by atoms with van der Waals surface area (Å²) < 4.78 is 7.44. The van der Waals surface area contributed by atoms with Crippen molar-refractivity contribution in [2.75, 3.05) is 0 Å². The van der Waals surface area contributed by atoms with Crippen LogP contribution in [0.15, 0.2) is 340 Å². The van der Waals surface area contributed by atoms with Crippen LogP contribution in [0.25, 0.3) is 195 Å². The van der Waals surface area contributed by atoms with Crippen molar-refractivity contribution in [2.45, 2.75) is 57.8 Å². The molecule has 23 rings (SSSR count). The minimum absolute atomic E-state index is 0.168. The normalized spacial score (nSPS) is 13.9. The van der Waals surface area contributed by atoms with Crippen LogP contribution in [0.5, 0.6) is 0 Å². The van der Waals surface area contributed by atoms with Crippen molar-refractivity contribution < 1.29 is 0 Å². The second kappa shape index (κ2) is 24.4. The van der Waals surface area contributed by atoms with E-state index in [2.05, 4.69) is 352 Å². The molecule has 0 radical (unpaired) electrons. The van der Waals surface area contributed by atoms with Gasteiger partial charge in [0.1, 0.15) is 0 Å². The van der Waals surface area contributed by atoms with Gasteiger partial charge in [0.2, 0.25) is 0 Å². The summed E-state index contributed by atoms with van der Waals surface area (Å²) in [5.41, 5.74) is 35.3. The number of rotatable bonds is 10. The van der Waals surface area contributed by atoms with Crippen LogP contribution in [0.1, 0.15) is 74.9 Å². The molecule has 0 amide bonds. The molecule has 15 aromatic carbocycles. The monoisotopic (exact) mass is 1460 g/mol. The Kier molecular flexibility index (Phi) is 14.1. The van der Waals surface area contributed by atoms with Gasteiger partial charge in [-0.1, -0.05) is 266 Å². The van der Waals surface area contributed by atoms with Gasteiger partial charge in [0.05, 0.1) is 44.5 Å². The molecule has 0 spiro atoms. The number of hydrogen-bond donors (Lipinski definition) is 0. The molecule has 8 nitrogen and oxygen atoms in total. The summed E-state index contributed by atoms with van der Waals surface area (Å²) in [6, 6.07) is 124. The molecule has 20 aromatic rings. The topological polar surface area (TPSA) is 79.2 Å². The minimum atomic E-state index is -0.202. The highest BCUT2D eigenvalue weighted by Crippen LogP contribution is 2.56. The minimum Gasteiger partial charge on any atom is -0.309 e. The smallest absolute Gasteiger partial charge is 0.164 e. The van der Waals surface area contributed by atoms with Gasteiger partial charge in [-0.05, 0) is 193 Å². The number of nitrogens with zero attached hydrogens (tertiary/aromatic N) is 8. The first kappa shape index (κ1) is 65.7. The van der Waals surface area contributed by atoms with E-state index < -0.39 is 0 Å². The summed E-state index contributed by atoms with van der Waals surface area (Å²) in [5.74, 6) is 2.51. The molecule has 0 fully saturated rings. The molecule has 0 N–H and O–H groups in total. The lowest BCUT2D eigenvalue weighted by Gasteiger charge is -2.22. The van der Waals surface area contributed by atoms with Gasteiger partial charge in [0, 0.05) is 99.0 Å². The third kappa shape index (κ3) is 9.80. The van der Waals surface area contributed by atoms with Crippen LogP contribution in [0.2, 0.25) is 0 Å². The summed E-state index contributed by atoms with van der Waals surface area (Å²) in [4.78, 5) is 26.2. The van der Waals surface area contributed by atoms with Crippen LogP contribution < -0.4 is 0 Å². The van der Waals surface area contributed by atoms with Crippen molar-refractivity contribution in [2.24, 2.45) is 0 Å². The SMILES string of the molecule is CC1(C)c2ccccc2-c2cc3c4cc5c(cc4n(-c4ccc(-c6nc(-c7ccccc7)nc(-c7cccc(-c8ccc(-n9c%10ccccc%10c%10cc%11c(cc%109)c9cc%10c(cc9n%11-c9ccc(-c%11cc(-c%12ccccc%12)nc(-c%12ccccc%12)n%11)cc9)C(C)(C)c9ccccc9-%10)cc8)c7)n6)cc4)c3cc21)C(C)(C)c1ccccc1-5. The van der Waals surface area contributed by atoms with Crippen molar-refractivity contribution >= 4 is 65.4 Å². The van der Waals surface area contributed by atoms with Crippen molar-refractivity contribution in [3.63, 3.8) is 0 Å². The van der Waals surface area contributed by atoms with Gasteiger partial charge < -0.3 is 13.7 Å². The van der Waals surface area contributed by atoms with Gasteiger partial charge in [-0.15, -0.1) is 0 Å². The molecular weight excluding hydrogens is 1390 g/mol. The van der Waals surface area contributed by atoms with E-state index in [1.807, 2.05) is 42.5 Å². The van der Waals surface area contributed by atoms with Crippen LogP contribution in [-0.2, 0) is 16.2 Å². The van der Waals surface area contributed by atoms with Crippen molar-refractivity contribution in [3.05, 3.63) is 373 Å². The molecule has 0 bridgehead atoms. The van der Waals surface area contributed by atoms with Crippen LogP contribution in [0.3, 0.4) is 0 Å². The first-order valence-electron chi connectivity index (χ1n) is 39.5. The lowest BCUT2D eigenvalue weighted by atomic mass is 9.82. The number of benzene rings is 15. The van der Waals surface area contributed by atoms with E-state index in [1.54, 1.807) is 0 Å². The predicted molar refractivity (Wildman–Crippen MR) is 469 cm³/mol. The number of fused-ring (bicyclic) bond motifs is 18. The highest BCUT2D eigenvalue weighted by molar-refractivity contribution is 6.20. The maximum Gasteiger partial charge on any atom is 0.164 e. The summed E-state index contributed by atoms with van der Waals surface area (Å²) in [5, 5.41) is 7.26. The maximum atomic E-state index is 5.37. The van der Waals surface area contributed by atoms with Gasteiger partial charge in [0.25, 0.3) is 0 Å². The van der Waals surface area contributed by atoms with Gasteiger partial charge >= 0.3 is 0 Å². The predicted octanol–water partition coefficient (Wildman–Crippen LogP) is 26.5. The molecule has 538 valence electrons. The van der Waals surface area contributed by atoms with Crippen LogP contribution in [0.4, 0.5) is 0 Å². The second-order valence-electron chi connectivity index (χ2n) is 32.8. The third-order valence-corrected chi connectivity index (χ3v) is 25.3. The maximum absolute atomic E-state index is 5.37. The Bertz CT molecular complexity index is 7270. The lowest BCUT2D eigenvalue weighted by molar-refractivity contribution is 0.660. The first-order valence-corrected chi connectivity index (χ1v) is 39.5. The van der Waals surface area contributed by atoms with E-state index in [0.717, 1.165) is 89.5 Å². The van der Waals surface area contributed by atoms with Gasteiger partial charge in [-0.2, -0.15) is 0 Å². The standard InChI is InChI=1S/C106H74N8/c1-104(2)86-37-20-16-33-74(86)78-54-81-82-55-79-75-34-17-21-38-87(75)105(3,4)90(79)60-98(82)114(97(81)59-89(78)104)73-51-45-68(46-52-73)102-109-101(67-29-14-9-15-30-67)110-103(111-102)70-32-24-31-69(53-70)63-41-47-71(48-42-63)112-94-40-23-19-36-77(94)84-57-96-85(58-95(84)112)83-56-80-76-35-18-22-39-88(76)106(5,6)91(80)61-99(83)113(96)72-49-43-65(44-50-72)93-62-92(64-25-10-7-11-26-64)107-100(108-93)66-27-12-8-13-28-66/h7-62H,1-6H3. The Balaban J connectivity index is 0.618. The van der Waals surface area contributed by atoms with E-state index >= 15 is 0 Å². The van der Waals surface area contributed by atoms with Gasteiger partial charge in [-0.25, -0.2) is 24.9 Å². The molecule has 0 unspecified atom stereocenters. The largest absolute Gasteiger partial charge is 0.309 e. The summed E-state index contributed by atoms with van der Waals surface area (Å²) in [6.45, 7) is 14.2. The summed E-state index contributed by atoms with van der Waals surface area (Å²) >= 11 is 0. The van der Waals surface area contributed by atoms with E-state index in [-0.39, 0.29) is 16.2 Å². The highest BCUT2D eigenvalue weighted by Gasteiger charge is 2.40. The number of aromatic nitrogens is 8. The molecule has 0 aliphatic heterocycles. The van der Waals surface area contributed by atoms with E-state index in [9.17, 15) is 0 Å². The average molecular weight is 1460 g/mol. The Hall–Kier alpha value is -14.2. The Morgan fingerprint density at radius 1 is 0.184 bits per heavy atom. The Labute approximate surface area is 660 Å². The van der Waals surface area contributed by atoms with Crippen LogP contribution in [-0.4, -0.2) is 38.6 Å². The second-order valence-corrected chi connectivity index (χ2v) is 32.8. The van der Waals surface area contributed by atoms with Gasteiger partial charge in [0.15, 0.2) is 23.3 Å². The molecule has 3 aliphatic carbocycles. The fourth-order valence-corrected chi connectivity index (χ4v) is 19.5. The molecule has 8 heteroatoms. The fraction of sp³-hybridized carbons (Fsp3) is 0.0849. The quantitative estimate of drug-likeness (QED) is 0.136. The fourth-order valence-electron chi connectivity index (χ4n) is 19.5. The highest BCUT2D eigenvalue weighted by atomic mass is 15.0. The summed E-state index contributed by atoms with van der Waals surface area (Å²) in [6.07, 6.45) is 0. The van der Waals surface area contributed by atoms with Crippen LogP contribution in [0, 0.1) is 0 Å².